The van der Waals surface area contributed by atoms with Crippen molar-refractivity contribution in [1.82, 2.24) is 0 Å². The first-order valence-corrected chi connectivity index (χ1v) is 5.85. The average molecular weight is 246 g/mol. The fraction of sp³-hybridized carbons (Fsp3) is 0.308. The molecule has 1 aromatic rings. The number of hydrogen-bond donors (Lipinski definition) is 1. The maximum atomic E-state index is 11.9. The summed E-state index contributed by atoms with van der Waals surface area (Å²) in [7, 11) is 0. The van der Waals surface area contributed by atoms with Crippen LogP contribution in [0.3, 0.4) is 0 Å². The maximum absolute atomic E-state index is 11.9. The smallest absolute Gasteiger partial charge is 0.337 e. The van der Waals surface area contributed by atoms with Crippen molar-refractivity contribution in [2.24, 2.45) is 5.10 Å². The van der Waals surface area contributed by atoms with E-state index in [4.69, 9.17) is 5.11 Å². The topological polar surface area (TPSA) is 70.0 Å². The van der Waals surface area contributed by atoms with Crippen LogP contribution in [0.25, 0.3) is 0 Å². The summed E-state index contributed by atoms with van der Waals surface area (Å²) in [6.07, 6.45) is 1.96. The Morgan fingerprint density at radius 3 is 2.83 bits per heavy atom. The third-order valence-corrected chi connectivity index (χ3v) is 2.73. The second-order valence-corrected chi connectivity index (χ2v) is 4.12. The molecule has 0 fully saturated rings. The predicted molar refractivity (Wildman–Crippen MR) is 67.8 cm³/mol. The van der Waals surface area contributed by atoms with E-state index in [0.717, 1.165) is 18.6 Å². The van der Waals surface area contributed by atoms with Gasteiger partial charge in [0.15, 0.2) is 0 Å². The van der Waals surface area contributed by atoms with E-state index in [0.29, 0.717) is 5.69 Å². The molecule has 0 aliphatic carbocycles. The highest BCUT2D eigenvalue weighted by Gasteiger charge is 2.27. The molecule has 1 aromatic carbocycles. The van der Waals surface area contributed by atoms with Gasteiger partial charge in [-0.05, 0) is 18.6 Å². The number of rotatable bonds is 4. The summed E-state index contributed by atoms with van der Waals surface area (Å²) in [5.41, 5.74) is 1.23. The normalized spacial score (nSPS) is 14.8. The Balaban J connectivity index is 2.37. The van der Waals surface area contributed by atoms with Crippen LogP contribution < -0.4 is 5.01 Å². The second kappa shape index (κ2) is 5.00. The Bertz CT molecular complexity index is 523. The largest absolute Gasteiger partial charge is 0.478 e. The molecule has 5 nitrogen and oxygen atoms in total. The van der Waals surface area contributed by atoms with E-state index in [1.54, 1.807) is 18.2 Å². The molecule has 1 N–H and O–H groups in total. The molecule has 0 radical (unpaired) electrons. The molecule has 1 heterocycles. The molecule has 0 saturated heterocycles. The van der Waals surface area contributed by atoms with E-state index in [9.17, 15) is 9.59 Å². The van der Waals surface area contributed by atoms with Crippen molar-refractivity contribution >= 4 is 23.3 Å². The first-order chi connectivity index (χ1) is 8.63. The fourth-order valence-corrected chi connectivity index (χ4v) is 1.94. The summed E-state index contributed by atoms with van der Waals surface area (Å²) in [5, 5.41) is 14.5. The number of carboxylic acids is 1. The van der Waals surface area contributed by atoms with Crippen LogP contribution in [0, 0.1) is 0 Å². The molecule has 0 saturated carbocycles. The van der Waals surface area contributed by atoms with Crippen LogP contribution in [-0.4, -0.2) is 22.7 Å². The van der Waals surface area contributed by atoms with Gasteiger partial charge in [-0.15, -0.1) is 0 Å². The van der Waals surface area contributed by atoms with E-state index in [1.807, 2.05) is 6.92 Å². The molecule has 1 aliphatic heterocycles. The van der Waals surface area contributed by atoms with Crippen molar-refractivity contribution in [3.05, 3.63) is 29.8 Å². The van der Waals surface area contributed by atoms with Crippen molar-refractivity contribution in [3.8, 4) is 0 Å². The number of amides is 1. The first-order valence-electron chi connectivity index (χ1n) is 5.85. The zero-order valence-electron chi connectivity index (χ0n) is 10.1. The standard InChI is InChI=1S/C13H14N2O3/c1-2-5-9-8-12(16)15(14-9)11-7-4-3-6-10(11)13(17)18/h3-4,6-7H,2,5,8H2,1H3,(H,17,18). The lowest BCUT2D eigenvalue weighted by Crippen LogP contribution is -2.21. The van der Waals surface area contributed by atoms with Crippen molar-refractivity contribution < 1.29 is 14.7 Å². The molecule has 0 atom stereocenters. The van der Waals surface area contributed by atoms with Gasteiger partial charge in [0.05, 0.1) is 17.7 Å². The summed E-state index contributed by atoms with van der Waals surface area (Å²) in [5.74, 6) is -1.23. The van der Waals surface area contributed by atoms with Crippen molar-refractivity contribution in [2.75, 3.05) is 5.01 Å². The van der Waals surface area contributed by atoms with Crippen LogP contribution in [0.5, 0.6) is 0 Å². The number of anilines is 1. The number of hydrogen-bond acceptors (Lipinski definition) is 3. The van der Waals surface area contributed by atoms with Gasteiger partial charge in [0.2, 0.25) is 0 Å². The van der Waals surface area contributed by atoms with Crippen LogP contribution in [-0.2, 0) is 4.79 Å². The number of aromatic carboxylic acids is 1. The minimum atomic E-state index is -1.06. The van der Waals surface area contributed by atoms with Gasteiger partial charge in [0.1, 0.15) is 0 Å². The lowest BCUT2D eigenvalue weighted by molar-refractivity contribution is -0.116. The van der Waals surface area contributed by atoms with Crippen molar-refractivity contribution in [1.29, 1.82) is 0 Å². The van der Waals surface area contributed by atoms with E-state index in [-0.39, 0.29) is 17.9 Å². The lowest BCUT2D eigenvalue weighted by Gasteiger charge is -2.13. The van der Waals surface area contributed by atoms with Gasteiger partial charge in [-0.1, -0.05) is 25.5 Å². The zero-order chi connectivity index (χ0) is 13.1. The SMILES string of the molecule is CCCC1=NN(c2ccccc2C(=O)O)C(=O)C1. The zero-order valence-corrected chi connectivity index (χ0v) is 10.1. The van der Waals surface area contributed by atoms with E-state index < -0.39 is 5.97 Å². The summed E-state index contributed by atoms with van der Waals surface area (Å²) < 4.78 is 0. The number of carbonyl (C=O) groups excluding carboxylic acids is 1. The predicted octanol–water partition coefficient (Wildman–Crippen LogP) is 2.28. The van der Waals surface area contributed by atoms with E-state index in [1.165, 1.54) is 11.1 Å². The molecule has 1 aliphatic rings. The third kappa shape index (κ3) is 2.25. The van der Waals surface area contributed by atoms with Gasteiger partial charge in [-0.2, -0.15) is 10.1 Å². The van der Waals surface area contributed by atoms with Gasteiger partial charge in [-0.3, -0.25) is 4.79 Å². The Morgan fingerprint density at radius 1 is 1.44 bits per heavy atom. The van der Waals surface area contributed by atoms with Gasteiger partial charge in [-0.25, -0.2) is 4.79 Å². The lowest BCUT2D eigenvalue weighted by atomic mass is 10.1. The molecular formula is C13H14N2O3. The van der Waals surface area contributed by atoms with Crippen molar-refractivity contribution in [3.63, 3.8) is 0 Å². The summed E-state index contributed by atoms with van der Waals surface area (Å²) in [6, 6.07) is 6.39. The van der Waals surface area contributed by atoms with Crippen LogP contribution in [0.4, 0.5) is 5.69 Å². The highest BCUT2D eigenvalue weighted by molar-refractivity contribution is 6.14. The van der Waals surface area contributed by atoms with E-state index in [2.05, 4.69) is 5.10 Å². The molecule has 94 valence electrons. The molecule has 0 bridgehead atoms. The maximum Gasteiger partial charge on any atom is 0.337 e. The van der Waals surface area contributed by atoms with Gasteiger partial charge >= 0.3 is 5.97 Å². The number of nitrogens with zero attached hydrogens (tertiary/aromatic N) is 2. The molecule has 5 heteroatoms. The highest BCUT2D eigenvalue weighted by Crippen LogP contribution is 2.25. The molecule has 18 heavy (non-hydrogen) atoms. The Morgan fingerprint density at radius 2 is 2.17 bits per heavy atom. The third-order valence-electron chi connectivity index (χ3n) is 2.73. The quantitative estimate of drug-likeness (QED) is 0.885. The van der Waals surface area contributed by atoms with E-state index >= 15 is 0 Å². The van der Waals surface area contributed by atoms with Crippen molar-refractivity contribution in [2.45, 2.75) is 26.2 Å². The van der Waals surface area contributed by atoms with Crippen LogP contribution in [0.2, 0.25) is 0 Å². The van der Waals surface area contributed by atoms with Gasteiger partial charge in [0, 0.05) is 5.71 Å². The number of hydrazone groups is 1. The first kappa shape index (κ1) is 12.3. The Labute approximate surface area is 105 Å². The summed E-state index contributed by atoms with van der Waals surface area (Å²) >= 11 is 0. The minimum Gasteiger partial charge on any atom is -0.478 e. The molecule has 0 aromatic heterocycles. The monoisotopic (exact) mass is 246 g/mol. The number of para-hydroxylation sites is 1. The number of carboxylic acid groups (broad SMARTS) is 1. The summed E-state index contributed by atoms with van der Waals surface area (Å²) in [4.78, 5) is 23.0. The van der Waals surface area contributed by atoms with Gasteiger partial charge < -0.3 is 5.11 Å². The van der Waals surface area contributed by atoms with Gasteiger partial charge in [0.25, 0.3) is 5.91 Å². The Kier molecular flexibility index (Phi) is 3.41. The molecule has 2 rings (SSSR count). The molecular weight excluding hydrogens is 232 g/mol. The summed E-state index contributed by atoms with van der Waals surface area (Å²) in [6.45, 7) is 2.01. The van der Waals surface area contributed by atoms with Crippen LogP contribution in [0.15, 0.2) is 29.4 Å². The number of carbonyl (C=O) groups is 2. The molecule has 0 unspecified atom stereocenters. The van der Waals surface area contributed by atoms with Crippen LogP contribution >= 0.6 is 0 Å². The average Bonchev–Trinajstić information content (AvgIpc) is 2.70. The highest BCUT2D eigenvalue weighted by atomic mass is 16.4. The minimum absolute atomic E-state index is 0.0901. The molecule has 1 amide bonds. The number of benzene rings is 1. The second-order valence-electron chi connectivity index (χ2n) is 4.12. The Hall–Kier alpha value is -2.17. The van der Waals surface area contributed by atoms with Crippen LogP contribution in [0.1, 0.15) is 36.5 Å². The molecule has 0 spiro atoms. The fourth-order valence-electron chi connectivity index (χ4n) is 1.94.